The number of sulfonamides is 1. The molecule has 0 unspecified atom stereocenters. The summed E-state index contributed by atoms with van der Waals surface area (Å²) < 4.78 is 21.0. The van der Waals surface area contributed by atoms with Gasteiger partial charge in [0.05, 0.1) is 11.8 Å². The van der Waals surface area contributed by atoms with E-state index in [1.54, 1.807) is 0 Å². The summed E-state index contributed by atoms with van der Waals surface area (Å²) in [5, 5.41) is 7.14. The van der Waals surface area contributed by atoms with Crippen LogP contribution in [0, 0.1) is 5.92 Å². The van der Waals surface area contributed by atoms with Crippen molar-refractivity contribution >= 4 is 15.9 Å². The number of nitrogens with one attached hydrogen (secondary N) is 1. The van der Waals surface area contributed by atoms with E-state index in [-0.39, 0.29) is 24.1 Å². The van der Waals surface area contributed by atoms with Gasteiger partial charge in [0.15, 0.2) is 0 Å². The Kier molecular flexibility index (Phi) is 5.03. The molecule has 0 saturated carbocycles. The molecule has 0 heterocycles. The molecule has 0 radical (unpaired) electrons. The van der Waals surface area contributed by atoms with Crippen molar-refractivity contribution in [3.63, 3.8) is 0 Å². The van der Waals surface area contributed by atoms with Gasteiger partial charge in [-0.3, -0.25) is 4.79 Å². The number of nitrogens with two attached hydrogens (primary N) is 2. The van der Waals surface area contributed by atoms with Crippen LogP contribution in [0.1, 0.15) is 13.8 Å². The summed E-state index contributed by atoms with van der Waals surface area (Å²) in [7, 11) is -3.52. The van der Waals surface area contributed by atoms with Gasteiger partial charge in [-0.1, -0.05) is 13.8 Å². The zero-order valence-corrected chi connectivity index (χ0v) is 9.17. The van der Waals surface area contributed by atoms with Gasteiger partial charge < -0.3 is 11.1 Å². The van der Waals surface area contributed by atoms with E-state index < -0.39 is 16.1 Å². The fourth-order valence-electron chi connectivity index (χ4n) is 0.737. The van der Waals surface area contributed by atoms with Crippen LogP contribution in [0.25, 0.3) is 0 Å². The number of hydrogen-bond acceptors (Lipinski definition) is 4. The summed E-state index contributed by atoms with van der Waals surface area (Å²) in [5.41, 5.74) is 5.52. The first-order chi connectivity index (χ1) is 6.24. The van der Waals surface area contributed by atoms with Crippen molar-refractivity contribution in [2.24, 2.45) is 16.8 Å². The number of carbonyl (C=O) groups is 1. The van der Waals surface area contributed by atoms with Crippen LogP contribution in [0.5, 0.6) is 0 Å². The lowest BCUT2D eigenvalue weighted by Crippen LogP contribution is -2.45. The fraction of sp³-hybridized carbons (Fsp3) is 0.857. The predicted octanol–water partition coefficient (Wildman–Crippen LogP) is -1.63. The first kappa shape index (κ1) is 13.3. The lowest BCUT2D eigenvalue weighted by molar-refractivity contribution is -0.123. The average Bonchev–Trinajstić information content (AvgIpc) is 2.00. The second-order valence-electron chi connectivity index (χ2n) is 3.43. The summed E-state index contributed by atoms with van der Waals surface area (Å²) in [5.74, 6) is -0.614. The Morgan fingerprint density at radius 3 is 2.29 bits per heavy atom. The molecule has 84 valence electrons. The molecule has 0 rings (SSSR count). The second kappa shape index (κ2) is 5.28. The minimum absolute atomic E-state index is 0.00190. The molecule has 0 aliphatic rings. The van der Waals surface area contributed by atoms with Crippen LogP contribution in [0.4, 0.5) is 0 Å². The molecule has 7 heteroatoms. The van der Waals surface area contributed by atoms with E-state index in [2.05, 4.69) is 5.32 Å². The van der Waals surface area contributed by atoms with E-state index in [0.29, 0.717) is 0 Å². The van der Waals surface area contributed by atoms with Crippen LogP contribution >= 0.6 is 0 Å². The highest BCUT2D eigenvalue weighted by atomic mass is 32.2. The molecule has 1 atom stereocenters. The Labute approximate surface area is 84.1 Å². The van der Waals surface area contributed by atoms with Crippen molar-refractivity contribution in [3.8, 4) is 0 Å². The maximum absolute atomic E-state index is 11.2. The Hall–Kier alpha value is -0.660. The average molecular weight is 223 g/mol. The molecule has 0 spiro atoms. The number of carbonyl (C=O) groups excluding carboxylic acids is 1. The molecule has 0 aromatic carbocycles. The highest BCUT2D eigenvalue weighted by Gasteiger charge is 2.16. The monoisotopic (exact) mass is 223 g/mol. The van der Waals surface area contributed by atoms with E-state index >= 15 is 0 Å². The van der Waals surface area contributed by atoms with Gasteiger partial charge in [-0.2, -0.15) is 0 Å². The quantitative estimate of drug-likeness (QED) is 0.519. The normalized spacial score (nSPS) is 14.1. The molecule has 1 amide bonds. The standard InChI is InChI=1S/C7H17N3O3S/c1-5(2)6(8)7(11)10-3-4-14(9,12)13/h5-6H,3-4,8H2,1-2H3,(H,10,11)(H2,9,12,13)/t6-/m1/s1. The largest absolute Gasteiger partial charge is 0.354 e. The summed E-state index contributed by atoms with van der Waals surface area (Å²) in [6, 6.07) is -0.615. The van der Waals surface area contributed by atoms with Crippen LogP contribution in [0.15, 0.2) is 0 Å². The number of amides is 1. The van der Waals surface area contributed by atoms with Crippen molar-refractivity contribution in [1.82, 2.24) is 5.32 Å². The highest BCUT2D eigenvalue weighted by Crippen LogP contribution is 1.97. The zero-order valence-electron chi connectivity index (χ0n) is 8.36. The molecule has 5 N–H and O–H groups in total. The third-order valence-corrected chi connectivity index (χ3v) is 2.48. The molecule has 0 fully saturated rings. The zero-order chi connectivity index (χ0) is 11.4. The van der Waals surface area contributed by atoms with Crippen molar-refractivity contribution < 1.29 is 13.2 Å². The molecule has 0 aromatic rings. The van der Waals surface area contributed by atoms with Crippen molar-refractivity contribution in [1.29, 1.82) is 0 Å². The maximum atomic E-state index is 11.2. The van der Waals surface area contributed by atoms with Gasteiger partial charge in [0.1, 0.15) is 0 Å². The Morgan fingerprint density at radius 2 is 1.93 bits per heavy atom. The van der Waals surface area contributed by atoms with Gasteiger partial charge >= 0.3 is 0 Å². The lowest BCUT2D eigenvalue weighted by atomic mass is 10.1. The minimum atomic E-state index is -3.52. The number of primary sulfonamides is 1. The molecular formula is C7H17N3O3S. The summed E-state index contributed by atoms with van der Waals surface area (Å²) >= 11 is 0. The van der Waals surface area contributed by atoms with Crippen molar-refractivity contribution in [3.05, 3.63) is 0 Å². The molecule has 0 aromatic heterocycles. The first-order valence-electron chi connectivity index (χ1n) is 4.28. The van der Waals surface area contributed by atoms with Gasteiger partial charge in [0.2, 0.25) is 15.9 Å². The molecular weight excluding hydrogens is 206 g/mol. The highest BCUT2D eigenvalue weighted by molar-refractivity contribution is 7.89. The predicted molar refractivity (Wildman–Crippen MR) is 53.8 cm³/mol. The van der Waals surface area contributed by atoms with E-state index in [1.165, 1.54) is 0 Å². The van der Waals surface area contributed by atoms with Gasteiger partial charge in [0, 0.05) is 6.54 Å². The first-order valence-corrected chi connectivity index (χ1v) is 5.99. The third-order valence-electron chi connectivity index (χ3n) is 1.71. The van der Waals surface area contributed by atoms with Gasteiger partial charge in [0.25, 0.3) is 0 Å². The number of hydrogen-bond donors (Lipinski definition) is 3. The Bertz CT molecular complexity index is 287. The number of rotatable bonds is 5. The third kappa shape index (κ3) is 5.90. The molecule has 0 aliphatic carbocycles. The summed E-state index contributed by atoms with van der Waals surface area (Å²) in [6.07, 6.45) is 0. The Balaban J connectivity index is 3.87. The maximum Gasteiger partial charge on any atom is 0.237 e. The van der Waals surface area contributed by atoms with Crippen molar-refractivity contribution in [2.75, 3.05) is 12.3 Å². The topological polar surface area (TPSA) is 115 Å². The van der Waals surface area contributed by atoms with Gasteiger partial charge in [-0.05, 0) is 5.92 Å². The summed E-state index contributed by atoms with van der Waals surface area (Å²) in [6.45, 7) is 3.62. The smallest absolute Gasteiger partial charge is 0.237 e. The Morgan fingerprint density at radius 1 is 1.43 bits per heavy atom. The van der Waals surface area contributed by atoms with Crippen molar-refractivity contribution in [2.45, 2.75) is 19.9 Å². The SMILES string of the molecule is CC(C)[C@@H](N)C(=O)NCCS(N)(=O)=O. The second-order valence-corrected chi connectivity index (χ2v) is 5.16. The van der Waals surface area contributed by atoms with E-state index in [0.717, 1.165) is 0 Å². The van der Waals surface area contributed by atoms with Crippen LogP contribution < -0.4 is 16.2 Å². The molecule has 0 saturated heterocycles. The van der Waals surface area contributed by atoms with Gasteiger partial charge in [-0.25, -0.2) is 13.6 Å². The van der Waals surface area contributed by atoms with Gasteiger partial charge in [-0.15, -0.1) is 0 Å². The van der Waals surface area contributed by atoms with Crippen LogP contribution in [0.2, 0.25) is 0 Å². The van der Waals surface area contributed by atoms with Crippen LogP contribution in [0.3, 0.4) is 0 Å². The van der Waals surface area contributed by atoms with E-state index in [4.69, 9.17) is 10.9 Å². The summed E-state index contributed by atoms with van der Waals surface area (Å²) in [4.78, 5) is 11.2. The van der Waals surface area contributed by atoms with Crippen LogP contribution in [-0.4, -0.2) is 32.7 Å². The fourth-order valence-corrected chi connectivity index (χ4v) is 1.12. The van der Waals surface area contributed by atoms with Crippen LogP contribution in [-0.2, 0) is 14.8 Å². The van der Waals surface area contributed by atoms with E-state index in [1.807, 2.05) is 13.8 Å². The molecule has 6 nitrogen and oxygen atoms in total. The lowest BCUT2D eigenvalue weighted by Gasteiger charge is -2.14. The minimum Gasteiger partial charge on any atom is -0.354 e. The molecule has 14 heavy (non-hydrogen) atoms. The molecule has 0 bridgehead atoms. The van der Waals surface area contributed by atoms with E-state index in [9.17, 15) is 13.2 Å². The molecule has 0 aliphatic heterocycles.